The zero-order valence-corrected chi connectivity index (χ0v) is 9.15. The molecule has 2 aromatic carbocycles. The highest BCUT2D eigenvalue weighted by Crippen LogP contribution is 2.15. The van der Waals surface area contributed by atoms with Gasteiger partial charge in [0.1, 0.15) is 0 Å². The predicted molar refractivity (Wildman–Crippen MR) is 69.4 cm³/mol. The topological polar surface area (TPSA) is 46.5 Å². The first-order valence-electron chi connectivity index (χ1n) is 5.25. The molecule has 0 radical (unpaired) electrons. The van der Waals surface area contributed by atoms with E-state index in [4.69, 9.17) is 5.21 Å². The Bertz CT molecular complexity index is 507. The van der Waals surface area contributed by atoms with Gasteiger partial charge in [0.2, 0.25) is 0 Å². The van der Waals surface area contributed by atoms with Gasteiger partial charge in [0.15, 0.2) is 0 Å². The summed E-state index contributed by atoms with van der Waals surface area (Å²) in [6, 6.07) is 16.6. The van der Waals surface area contributed by atoms with E-state index in [0.717, 1.165) is 11.1 Å². The Hall–Kier alpha value is -2.10. The van der Waals surface area contributed by atoms with E-state index < -0.39 is 0 Å². The van der Waals surface area contributed by atoms with E-state index in [9.17, 15) is 5.21 Å². The van der Waals surface area contributed by atoms with E-state index in [1.54, 1.807) is 18.2 Å². The van der Waals surface area contributed by atoms with Crippen molar-refractivity contribution in [3.63, 3.8) is 0 Å². The van der Waals surface area contributed by atoms with Crippen LogP contribution in [-0.2, 0) is 0 Å². The molecule has 3 heteroatoms. The molecule has 0 bridgehead atoms. The molecule has 2 rings (SSSR count). The lowest BCUT2D eigenvalue weighted by molar-refractivity contribution is 0.296. The maximum Gasteiger partial charge on any atom is 0.0514 e. The predicted octanol–water partition coefficient (Wildman–Crippen LogP) is 3.55. The number of hydrogen-bond donors (Lipinski definition) is 1. The monoisotopic (exact) mass is 226 g/mol. The third-order valence-corrected chi connectivity index (χ3v) is 2.36. The molecule has 0 saturated heterocycles. The first kappa shape index (κ1) is 11.4. The second kappa shape index (κ2) is 5.30. The molecule has 0 heterocycles. The van der Waals surface area contributed by atoms with Crippen molar-refractivity contribution in [2.75, 3.05) is 5.23 Å². The van der Waals surface area contributed by atoms with E-state index >= 15 is 0 Å². The van der Waals surface area contributed by atoms with Gasteiger partial charge in [0, 0.05) is 0 Å². The maximum absolute atomic E-state index is 10.7. The van der Waals surface area contributed by atoms with E-state index in [1.165, 1.54) is 0 Å². The SMILES string of the molecule is [O-]N(O)c1cccc(C=Cc2ccccc2)c1. The summed E-state index contributed by atoms with van der Waals surface area (Å²) in [5.41, 5.74) is 2.17. The Morgan fingerprint density at radius 2 is 1.53 bits per heavy atom. The molecule has 0 fully saturated rings. The summed E-state index contributed by atoms with van der Waals surface area (Å²) in [5, 5.41) is 19.4. The number of nitrogens with zero attached hydrogens (tertiary/aromatic N) is 1. The molecule has 0 aromatic heterocycles. The Labute approximate surface area is 99.8 Å². The van der Waals surface area contributed by atoms with Crippen LogP contribution >= 0.6 is 0 Å². The minimum atomic E-state index is -0.139. The highest BCUT2D eigenvalue weighted by molar-refractivity contribution is 5.71. The third kappa shape index (κ3) is 3.17. The molecule has 86 valence electrons. The van der Waals surface area contributed by atoms with Crippen LogP contribution in [-0.4, -0.2) is 5.21 Å². The summed E-state index contributed by atoms with van der Waals surface area (Å²) in [5.74, 6) is 0. The van der Waals surface area contributed by atoms with Crippen LogP contribution < -0.4 is 5.23 Å². The fraction of sp³-hybridized carbons (Fsp3) is 0. The minimum absolute atomic E-state index is 0.139. The Morgan fingerprint density at radius 3 is 2.24 bits per heavy atom. The lowest BCUT2D eigenvalue weighted by Gasteiger charge is -2.21. The average molecular weight is 226 g/mol. The second-order valence-electron chi connectivity index (χ2n) is 3.61. The van der Waals surface area contributed by atoms with Crippen LogP contribution in [0.25, 0.3) is 12.2 Å². The molecular weight excluding hydrogens is 214 g/mol. The summed E-state index contributed by atoms with van der Waals surface area (Å²) in [7, 11) is 0. The molecule has 2 aromatic rings. The molecule has 0 aliphatic carbocycles. The van der Waals surface area contributed by atoms with Crippen molar-refractivity contribution in [1.82, 2.24) is 0 Å². The first-order chi connectivity index (χ1) is 8.25. The van der Waals surface area contributed by atoms with Crippen LogP contribution in [0.5, 0.6) is 0 Å². The number of hydrogen-bond acceptors (Lipinski definition) is 3. The van der Waals surface area contributed by atoms with Gasteiger partial charge >= 0.3 is 0 Å². The Morgan fingerprint density at radius 1 is 0.882 bits per heavy atom. The smallest absolute Gasteiger partial charge is 0.0514 e. The molecule has 0 aliphatic heterocycles. The standard InChI is InChI=1S/C14H12NO2/c16-15(17)14-8-4-7-13(11-14)10-9-12-5-2-1-3-6-12/h1-11,16H/q-1. The zero-order valence-electron chi connectivity index (χ0n) is 9.15. The van der Waals surface area contributed by atoms with Crippen molar-refractivity contribution in [1.29, 1.82) is 0 Å². The van der Waals surface area contributed by atoms with E-state index in [1.807, 2.05) is 48.6 Å². The van der Waals surface area contributed by atoms with E-state index in [-0.39, 0.29) is 10.9 Å². The van der Waals surface area contributed by atoms with Crippen molar-refractivity contribution in [2.45, 2.75) is 0 Å². The van der Waals surface area contributed by atoms with Crippen LogP contribution in [0, 0.1) is 5.21 Å². The maximum atomic E-state index is 10.7. The van der Waals surface area contributed by atoms with Gasteiger partial charge < -0.3 is 10.4 Å². The molecule has 0 amide bonds. The molecule has 0 aliphatic rings. The fourth-order valence-corrected chi connectivity index (χ4v) is 1.50. The van der Waals surface area contributed by atoms with E-state index in [0.29, 0.717) is 0 Å². The van der Waals surface area contributed by atoms with Gasteiger partial charge in [-0.25, -0.2) is 0 Å². The van der Waals surface area contributed by atoms with Gasteiger partial charge in [-0.05, 0) is 23.3 Å². The van der Waals surface area contributed by atoms with Crippen molar-refractivity contribution < 1.29 is 5.21 Å². The number of rotatable bonds is 3. The van der Waals surface area contributed by atoms with E-state index in [2.05, 4.69) is 0 Å². The van der Waals surface area contributed by atoms with Gasteiger partial charge in [-0.15, -0.1) is 0 Å². The molecule has 3 nitrogen and oxygen atoms in total. The number of anilines is 1. The van der Waals surface area contributed by atoms with Gasteiger partial charge in [0.25, 0.3) is 0 Å². The van der Waals surface area contributed by atoms with Crippen molar-refractivity contribution >= 4 is 17.8 Å². The molecule has 0 saturated carbocycles. The summed E-state index contributed by atoms with van der Waals surface area (Å²) < 4.78 is 0. The Balaban J connectivity index is 2.19. The normalized spacial score (nSPS) is 10.7. The third-order valence-electron chi connectivity index (χ3n) is 2.36. The highest BCUT2D eigenvalue weighted by Gasteiger charge is 1.93. The lowest BCUT2D eigenvalue weighted by Crippen LogP contribution is -2.06. The number of benzene rings is 2. The van der Waals surface area contributed by atoms with Crippen molar-refractivity contribution in [2.24, 2.45) is 0 Å². The van der Waals surface area contributed by atoms with Crippen LogP contribution in [0.2, 0.25) is 0 Å². The quantitative estimate of drug-likeness (QED) is 0.643. The fourth-order valence-electron chi connectivity index (χ4n) is 1.50. The van der Waals surface area contributed by atoms with Crippen LogP contribution in [0.1, 0.15) is 11.1 Å². The molecule has 0 spiro atoms. The highest BCUT2D eigenvalue weighted by atomic mass is 16.8. The first-order valence-corrected chi connectivity index (χ1v) is 5.25. The van der Waals surface area contributed by atoms with Crippen LogP contribution in [0.4, 0.5) is 5.69 Å². The molecule has 0 atom stereocenters. The summed E-state index contributed by atoms with van der Waals surface area (Å²) in [6.07, 6.45) is 3.84. The Kier molecular flexibility index (Phi) is 3.55. The molecular formula is C14H12NO2-. The largest absolute Gasteiger partial charge is 0.733 e. The second-order valence-corrected chi connectivity index (χ2v) is 3.61. The molecule has 1 N–H and O–H groups in total. The van der Waals surface area contributed by atoms with Crippen LogP contribution in [0.3, 0.4) is 0 Å². The summed E-state index contributed by atoms with van der Waals surface area (Å²) in [6.45, 7) is 0. The minimum Gasteiger partial charge on any atom is -0.733 e. The zero-order chi connectivity index (χ0) is 12.1. The molecule has 0 unspecified atom stereocenters. The summed E-state index contributed by atoms with van der Waals surface area (Å²) >= 11 is 0. The summed E-state index contributed by atoms with van der Waals surface area (Å²) in [4.78, 5) is 0. The van der Waals surface area contributed by atoms with Gasteiger partial charge in [-0.1, -0.05) is 54.6 Å². The van der Waals surface area contributed by atoms with Gasteiger partial charge in [-0.3, -0.25) is 5.21 Å². The van der Waals surface area contributed by atoms with Crippen molar-refractivity contribution in [3.05, 3.63) is 70.9 Å². The van der Waals surface area contributed by atoms with Gasteiger partial charge in [-0.2, -0.15) is 0 Å². The average Bonchev–Trinajstić information content (AvgIpc) is 2.38. The van der Waals surface area contributed by atoms with Gasteiger partial charge in [0.05, 0.1) is 5.69 Å². The lowest BCUT2D eigenvalue weighted by atomic mass is 10.1. The van der Waals surface area contributed by atoms with Crippen molar-refractivity contribution in [3.8, 4) is 0 Å². The molecule has 17 heavy (non-hydrogen) atoms. The van der Waals surface area contributed by atoms with Crippen LogP contribution in [0.15, 0.2) is 54.6 Å².